The second-order valence-corrected chi connectivity index (χ2v) is 5.40. The van der Waals surface area contributed by atoms with E-state index < -0.39 is 0 Å². The molecule has 1 unspecified atom stereocenters. The minimum atomic E-state index is 0.498. The van der Waals surface area contributed by atoms with Crippen molar-refractivity contribution in [2.24, 2.45) is 0 Å². The first kappa shape index (κ1) is 12.7. The Morgan fingerprint density at radius 2 is 2.29 bits per heavy atom. The van der Waals surface area contributed by atoms with Crippen LogP contribution in [0.3, 0.4) is 0 Å². The van der Waals surface area contributed by atoms with E-state index in [0.29, 0.717) is 6.04 Å². The first-order chi connectivity index (χ1) is 8.20. The third-order valence-corrected chi connectivity index (χ3v) is 3.59. The van der Waals surface area contributed by atoms with Gasteiger partial charge in [0.25, 0.3) is 0 Å². The molecule has 1 fully saturated rings. The van der Waals surface area contributed by atoms with Crippen LogP contribution in [0.25, 0.3) is 0 Å². The summed E-state index contributed by atoms with van der Waals surface area (Å²) in [5, 5.41) is 7.00. The predicted octanol–water partition coefficient (Wildman–Crippen LogP) is 2.93. The molecule has 1 aromatic rings. The molecule has 0 radical (unpaired) electrons. The fourth-order valence-electron chi connectivity index (χ4n) is 2.24. The Balaban J connectivity index is 2.18. The molecule has 1 atom stereocenters. The quantitative estimate of drug-likeness (QED) is 0.900. The van der Waals surface area contributed by atoms with Crippen LogP contribution in [0.1, 0.15) is 18.4 Å². The number of halogens is 1. The summed E-state index contributed by atoms with van der Waals surface area (Å²) in [6.07, 6.45) is 2.45. The van der Waals surface area contributed by atoms with Crippen molar-refractivity contribution in [1.82, 2.24) is 5.32 Å². The van der Waals surface area contributed by atoms with Gasteiger partial charge in [0, 0.05) is 17.1 Å². The molecule has 2 N–H and O–H groups in total. The second-order valence-electron chi connectivity index (χ2n) is 4.49. The van der Waals surface area contributed by atoms with Gasteiger partial charge in [0.05, 0.1) is 12.8 Å². The van der Waals surface area contributed by atoms with Gasteiger partial charge < -0.3 is 15.4 Å². The number of nitrogens with one attached hydrogen (secondary N) is 2. The number of hydrogen-bond acceptors (Lipinski definition) is 3. The highest BCUT2D eigenvalue weighted by molar-refractivity contribution is 9.10. The van der Waals surface area contributed by atoms with Crippen LogP contribution >= 0.6 is 15.9 Å². The summed E-state index contributed by atoms with van der Waals surface area (Å²) in [7, 11) is 1.71. The van der Waals surface area contributed by atoms with Crippen molar-refractivity contribution in [3.63, 3.8) is 0 Å². The van der Waals surface area contributed by atoms with Gasteiger partial charge in [-0.25, -0.2) is 0 Å². The minimum absolute atomic E-state index is 0.498. The third-order valence-electron chi connectivity index (χ3n) is 3.13. The summed E-state index contributed by atoms with van der Waals surface area (Å²) in [4.78, 5) is 0. The normalized spacial score (nSPS) is 20.1. The topological polar surface area (TPSA) is 33.3 Å². The zero-order valence-corrected chi connectivity index (χ0v) is 11.9. The fraction of sp³-hybridized carbons (Fsp3) is 0.538. The van der Waals surface area contributed by atoms with E-state index in [1.54, 1.807) is 7.11 Å². The summed E-state index contributed by atoms with van der Waals surface area (Å²) in [6.45, 7) is 4.26. The Labute approximate surface area is 111 Å². The Hall–Kier alpha value is -0.740. The van der Waals surface area contributed by atoms with Gasteiger partial charge in [0.1, 0.15) is 5.75 Å². The summed E-state index contributed by atoms with van der Waals surface area (Å²) >= 11 is 3.49. The molecule has 17 heavy (non-hydrogen) atoms. The molecular formula is C13H19BrN2O. The number of anilines is 1. The SMILES string of the molecule is COc1cc(Br)cc(C)c1NC1CCCNC1. The lowest BCUT2D eigenvalue weighted by Crippen LogP contribution is -2.38. The van der Waals surface area contributed by atoms with E-state index in [2.05, 4.69) is 39.6 Å². The van der Waals surface area contributed by atoms with Gasteiger partial charge in [-0.2, -0.15) is 0 Å². The molecule has 1 heterocycles. The van der Waals surface area contributed by atoms with Crippen LogP contribution in [0, 0.1) is 6.92 Å². The van der Waals surface area contributed by atoms with Crippen molar-refractivity contribution in [3.8, 4) is 5.75 Å². The Bertz CT molecular complexity index is 389. The zero-order valence-electron chi connectivity index (χ0n) is 10.3. The van der Waals surface area contributed by atoms with Crippen molar-refractivity contribution in [2.75, 3.05) is 25.5 Å². The third kappa shape index (κ3) is 3.13. The van der Waals surface area contributed by atoms with Crippen molar-refractivity contribution < 1.29 is 4.74 Å². The number of hydrogen-bond donors (Lipinski definition) is 2. The number of ether oxygens (including phenoxy) is 1. The molecule has 94 valence electrons. The van der Waals surface area contributed by atoms with E-state index >= 15 is 0 Å². The molecule has 1 aliphatic heterocycles. The lowest BCUT2D eigenvalue weighted by molar-refractivity contribution is 0.413. The molecule has 1 aliphatic rings. The largest absolute Gasteiger partial charge is 0.495 e. The van der Waals surface area contributed by atoms with E-state index in [0.717, 1.165) is 29.0 Å². The van der Waals surface area contributed by atoms with E-state index in [-0.39, 0.29) is 0 Å². The molecule has 0 aromatic heterocycles. The van der Waals surface area contributed by atoms with Crippen molar-refractivity contribution >= 4 is 21.6 Å². The molecular weight excluding hydrogens is 280 g/mol. The number of rotatable bonds is 3. The first-order valence-electron chi connectivity index (χ1n) is 6.02. The number of aryl methyl sites for hydroxylation is 1. The first-order valence-corrected chi connectivity index (χ1v) is 6.81. The monoisotopic (exact) mass is 298 g/mol. The summed E-state index contributed by atoms with van der Waals surface area (Å²) in [6, 6.07) is 4.62. The highest BCUT2D eigenvalue weighted by atomic mass is 79.9. The summed E-state index contributed by atoms with van der Waals surface area (Å²) in [5.74, 6) is 0.905. The molecule has 0 amide bonds. The second kappa shape index (κ2) is 5.74. The Kier molecular flexibility index (Phi) is 4.29. The lowest BCUT2D eigenvalue weighted by Gasteiger charge is -2.26. The molecule has 0 aliphatic carbocycles. The maximum Gasteiger partial charge on any atom is 0.143 e. The van der Waals surface area contributed by atoms with Gasteiger partial charge in [0.2, 0.25) is 0 Å². The fourth-order valence-corrected chi connectivity index (χ4v) is 2.79. The minimum Gasteiger partial charge on any atom is -0.495 e. The van der Waals surface area contributed by atoms with Crippen LogP contribution in [0.15, 0.2) is 16.6 Å². The van der Waals surface area contributed by atoms with Crippen LogP contribution in [0.2, 0.25) is 0 Å². The molecule has 3 nitrogen and oxygen atoms in total. The molecule has 0 bridgehead atoms. The molecule has 1 aromatic carbocycles. The van der Waals surface area contributed by atoms with E-state index in [4.69, 9.17) is 4.74 Å². The molecule has 1 saturated heterocycles. The smallest absolute Gasteiger partial charge is 0.143 e. The summed E-state index contributed by atoms with van der Waals surface area (Å²) < 4.78 is 6.49. The molecule has 4 heteroatoms. The van der Waals surface area contributed by atoms with E-state index in [9.17, 15) is 0 Å². The average Bonchev–Trinajstić information content (AvgIpc) is 2.33. The maximum atomic E-state index is 5.44. The van der Waals surface area contributed by atoms with Gasteiger partial charge in [0.15, 0.2) is 0 Å². The predicted molar refractivity (Wildman–Crippen MR) is 74.9 cm³/mol. The van der Waals surface area contributed by atoms with Crippen LogP contribution in [0.5, 0.6) is 5.75 Å². The van der Waals surface area contributed by atoms with Gasteiger partial charge in [-0.1, -0.05) is 15.9 Å². The van der Waals surface area contributed by atoms with E-state index in [1.807, 2.05) is 6.07 Å². The average molecular weight is 299 g/mol. The van der Waals surface area contributed by atoms with Gasteiger partial charge in [-0.05, 0) is 44.0 Å². The van der Waals surface area contributed by atoms with Crippen LogP contribution in [-0.2, 0) is 0 Å². The van der Waals surface area contributed by atoms with Gasteiger partial charge in [-0.3, -0.25) is 0 Å². The zero-order chi connectivity index (χ0) is 12.3. The van der Waals surface area contributed by atoms with Crippen molar-refractivity contribution in [3.05, 3.63) is 22.2 Å². The van der Waals surface area contributed by atoms with Crippen molar-refractivity contribution in [1.29, 1.82) is 0 Å². The number of piperidine rings is 1. The molecule has 0 saturated carbocycles. The van der Waals surface area contributed by atoms with E-state index in [1.165, 1.54) is 18.4 Å². The molecule has 0 spiro atoms. The number of methoxy groups -OCH3 is 1. The highest BCUT2D eigenvalue weighted by Crippen LogP contribution is 2.33. The summed E-state index contributed by atoms with van der Waals surface area (Å²) in [5.41, 5.74) is 2.33. The van der Waals surface area contributed by atoms with Gasteiger partial charge >= 0.3 is 0 Å². The lowest BCUT2D eigenvalue weighted by atomic mass is 10.1. The van der Waals surface area contributed by atoms with Crippen LogP contribution < -0.4 is 15.4 Å². The molecule has 2 rings (SSSR count). The standard InChI is InChI=1S/C13H19BrN2O/c1-9-6-10(14)7-12(17-2)13(9)16-11-4-3-5-15-8-11/h6-7,11,15-16H,3-5,8H2,1-2H3. The van der Waals surface area contributed by atoms with Crippen LogP contribution in [-0.4, -0.2) is 26.2 Å². The Morgan fingerprint density at radius 1 is 1.47 bits per heavy atom. The van der Waals surface area contributed by atoms with Crippen molar-refractivity contribution in [2.45, 2.75) is 25.8 Å². The van der Waals surface area contributed by atoms with Gasteiger partial charge in [-0.15, -0.1) is 0 Å². The Morgan fingerprint density at radius 3 is 2.94 bits per heavy atom. The maximum absolute atomic E-state index is 5.44. The van der Waals surface area contributed by atoms with Crippen LogP contribution in [0.4, 0.5) is 5.69 Å². The highest BCUT2D eigenvalue weighted by Gasteiger charge is 2.16. The number of benzene rings is 1.